The first kappa shape index (κ1) is 20.4. The number of rotatable bonds is 6. The maximum absolute atomic E-state index is 12.2. The van der Waals surface area contributed by atoms with Gasteiger partial charge in [-0.05, 0) is 68.2 Å². The Bertz CT molecular complexity index is 1280. The van der Waals surface area contributed by atoms with Gasteiger partial charge >= 0.3 is 5.97 Å². The maximum atomic E-state index is 12.2. The van der Waals surface area contributed by atoms with E-state index in [1.54, 1.807) is 18.3 Å². The number of carbonyl (C=O) groups excluding carboxylic acids is 1. The number of anilines is 2. The number of nitrogens with two attached hydrogens (primary N) is 1. The zero-order chi connectivity index (χ0) is 22.8. The number of hydrogen-bond acceptors (Lipinski definition) is 8. The fourth-order valence-corrected chi connectivity index (χ4v) is 4.37. The molecule has 170 valence electrons. The molecule has 0 aromatic carbocycles. The minimum absolute atomic E-state index is 0.117. The Hall–Kier alpha value is -3.26. The molecular weight excluding hydrogens is 418 g/mol. The first-order valence-corrected chi connectivity index (χ1v) is 11.6. The number of aromatic nitrogens is 3. The second kappa shape index (κ2) is 7.12. The molecule has 0 radical (unpaired) electrons. The molecule has 0 amide bonds. The van der Waals surface area contributed by atoms with Crippen LogP contribution in [-0.2, 0) is 15.7 Å². The minimum atomic E-state index is -0.537. The number of carbonyl (C=O) groups is 1. The molecule has 2 aliphatic carbocycles. The topological polar surface area (TPSA) is 112 Å². The summed E-state index contributed by atoms with van der Waals surface area (Å²) in [5.74, 6) is 1.60. The third-order valence-corrected chi connectivity index (χ3v) is 7.09. The molecule has 1 aliphatic heterocycles. The molecule has 2 saturated carbocycles. The van der Waals surface area contributed by atoms with Gasteiger partial charge in [-0.2, -0.15) is 0 Å². The van der Waals surface area contributed by atoms with Crippen LogP contribution in [0.1, 0.15) is 67.6 Å². The van der Waals surface area contributed by atoms with Crippen LogP contribution in [0, 0.1) is 0 Å². The molecule has 1 atom stereocenters. The Kier molecular flexibility index (Phi) is 4.39. The van der Waals surface area contributed by atoms with Gasteiger partial charge in [0.2, 0.25) is 5.88 Å². The number of nitrogens with one attached hydrogen (secondary N) is 1. The third kappa shape index (κ3) is 3.49. The van der Waals surface area contributed by atoms with Crippen LogP contribution >= 0.6 is 0 Å². The SMILES string of the molecule is CCC(C)(N)c1cnc(OC2CC2)c2cnc(Nc3ccc4c(n3)C3(CC3)COC4=O)cc12. The normalized spacial score (nSPS) is 20.2. The van der Waals surface area contributed by atoms with Gasteiger partial charge in [0, 0.05) is 23.3 Å². The molecule has 1 unspecified atom stereocenters. The standard InChI is InChI=1S/C25H27N5O3/c1-3-24(2,26)18-12-28-22(33-14-4-5-14)17-11-27-20(10-16(17)18)29-19-7-6-15-21(30-19)25(8-9-25)13-32-23(15)31/h6-7,10-12,14H,3-5,8-9,13,26H2,1-2H3,(H,27,29,30). The number of pyridine rings is 3. The van der Waals surface area contributed by atoms with Crippen molar-refractivity contribution in [2.24, 2.45) is 5.73 Å². The number of hydrogen-bond donors (Lipinski definition) is 2. The highest BCUT2D eigenvalue weighted by Gasteiger charge is 2.51. The summed E-state index contributed by atoms with van der Waals surface area (Å²) in [4.78, 5) is 26.1. The molecular formula is C25H27N5O3. The summed E-state index contributed by atoms with van der Waals surface area (Å²) < 4.78 is 11.4. The Balaban J connectivity index is 1.39. The average Bonchev–Trinajstić information content (AvgIpc) is 3.74. The van der Waals surface area contributed by atoms with Crippen LogP contribution in [-0.4, -0.2) is 33.6 Å². The minimum Gasteiger partial charge on any atom is -0.474 e. The summed E-state index contributed by atoms with van der Waals surface area (Å²) in [6.45, 7) is 4.49. The molecule has 4 heterocycles. The Morgan fingerprint density at radius 3 is 2.76 bits per heavy atom. The highest BCUT2D eigenvalue weighted by atomic mass is 16.5. The van der Waals surface area contributed by atoms with Crippen LogP contribution in [0.15, 0.2) is 30.6 Å². The van der Waals surface area contributed by atoms with E-state index in [0.717, 1.165) is 54.1 Å². The van der Waals surface area contributed by atoms with Gasteiger partial charge in [-0.15, -0.1) is 0 Å². The van der Waals surface area contributed by atoms with E-state index in [1.807, 2.05) is 19.2 Å². The lowest BCUT2D eigenvalue weighted by Gasteiger charge is -2.25. The number of esters is 1. The molecule has 3 aromatic rings. The van der Waals surface area contributed by atoms with Gasteiger partial charge in [-0.3, -0.25) is 0 Å². The highest BCUT2D eigenvalue weighted by Crippen LogP contribution is 2.51. The third-order valence-electron chi connectivity index (χ3n) is 7.09. The average molecular weight is 446 g/mol. The Morgan fingerprint density at radius 2 is 2.03 bits per heavy atom. The van der Waals surface area contributed by atoms with Crippen molar-refractivity contribution in [2.45, 2.75) is 63.0 Å². The number of ether oxygens (including phenoxy) is 2. The molecule has 0 saturated heterocycles. The molecule has 3 aliphatic rings. The molecule has 1 spiro atoms. The van der Waals surface area contributed by atoms with E-state index in [9.17, 15) is 4.79 Å². The van der Waals surface area contributed by atoms with Gasteiger partial charge in [-0.25, -0.2) is 19.7 Å². The van der Waals surface area contributed by atoms with Crippen molar-refractivity contribution in [1.82, 2.24) is 15.0 Å². The highest BCUT2D eigenvalue weighted by molar-refractivity contribution is 5.93. The molecule has 3 N–H and O–H groups in total. The van der Waals surface area contributed by atoms with Crippen molar-refractivity contribution in [3.8, 4) is 5.88 Å². The van der Waals surface area contributed by atoms with Crippen LogP contribution in [0.25, 0.3) is 10.8 Å². The van der Waals surface area contributed by atoms with Crippen LogP contribution < -0.4 is 15.8 Å². The van der Waals surface area contributed by atoms with Gasteiger partial charge in [0.15, 0.2) is 0 Å². The zero-order valence-electron chi connectivity index (χ0n) is 18.9. The predicted molar refractivity (Wildman–Crippen MR) is 124 cm³/mol. The molecule has 0 bridgehead atoms. The van der Waals surface area contributed by atoms with Crippen LogP contribution in [0.4, 0.5) is 11.6 Å². The predicted octanol–water partition coefficient (Wildman–Crippen LogP) is 4.10. The monoisotopic (exact) mass is 445 g/mol. The molecule has 6 rings (SSSR count). The van der Waals surface area contributed by atoms with Crippen LogP contribution in [0.2, 0.25) is 0 Å². The fourth-order valence-electron chi connectivity index (χ4n) is 4.37. The lowest BCUT2D eigenvalue weighted by molar-refractivity contribution is 0.0418. The summed E-state index contributed by atoms with van der Waals surface area (Å²) in [6, 6.07) is 5.56. The Labute approximate surface area is 191 Å². The summed E-state index contributed by atoms with van der Waals surface area (Å²) >= 11 is 0. The van der Waals surface area contributed by atoms with Crippen LogP contribution in [0.5, 0.6) is 5.88 Å². The molecule has 8 heteroatoms. The number of cyclic esters (lactones) is 1. The lowest BCUT2D eigenvalue weighted by atomic mass is 9.88. The first-order chi connectivity index (χ1) is 15.9. The summed E-state index contributed by atoms with van der Waals surface area (Å²) in [5, 5.41) is 5.14. The van der Waals surface area contributed by atoms with Crippen molar-refractivity contribution in [3.63, 3.8) is 0 Å². The number of fused-ring (bicyclic) bond motifs is 3. The maximum Gasteiger partial charge on any atom is 0.340 e. The first-order valence-electron chi connectivity index (χ1n) is 11.6. The molecule has 3 aromatic heterocycles. The van der Waals surface area contributed by atoms with E-state index in [0.29, 0.717) is 29.7 Å². The van der Waals surface area contributed by atoms with Gasteiger partial charge in [0.1, 0.15) is 24.3 Å². The van der Waals surface area contributed by atoms with Gasteiger partial charge in [-0.1, -0.05) is 6.92 Å². The van der Waals surface area contributed by atoms with Crippen molar-refractivity contribution in [3.05, 3.63) is 47.4 Å². The quantitative estimate of drug-likeness (QED) is 0.546. The smallest absolute Gasteiger partial charge is 0.340 e. The molecule has 8 nitrogen and oxygen atoms in total. The second-order valence-corrected chi connectivity index (χ2v) is 9.75. The van der Waals surface area contributed by atoms with Gasteiger partial charge in [0.25, 0.3) is 0 Å². The van der Waals surface area contributed by atoms with Gasteiger partial charge in [0.05, 0.1) is 16.6 Å². The number of nitrogens with zero attached hydrogens (tertiary/aromatic N) is 3. The van der Waals surface area contributed by atoms with E-state index >= 15 is 0 Å². The lowest BCUT2D eigenvalue weighted by Crippen LogP contribution is -2.32. The summed E-state index contributed by atoms with van der Waals surface area (Å²) in [6.07, 6.45) is 8.71. The van der Waals surface area contributed by atoms with Crippen molar-refractivity contribution in [1.29, 1.82) is 0 Å². The van der Waals surface area contributed by atoms with E-state index < -0.39 is 5.54 Å². The van der Waals surface area contributed by atoms with E-state index in [2.05, 4.69) is 22.2 Å². The second-order valence-electron chi connectivity index (χ2n) is 9.75. The Morgan fingerprint density at radius 1 is 1.21 bits per heavy atom. The van der Waals surface area contributed by atoms with E-state index in [1.165, 1.54) is 0 Å². The summed E-state index contributed by atoms with van der Waals surface area (Å²) in [5.41, 5.74) is 8.31. The fraction of sp³-hybridized carbons (Fsp3) is 0.440. The van der Waals surface area contributed by atoms with Crippen molar-refractivity contribution < 1.29 is 14.3 Å². The molecule has 33 heavy (non-hydrogen) atoms. The zero-order valence-corrected chi connectivity index (χ0v) is 18.9. The summed E-state index contributed by atoms with van der Waals surface area (Å²) in [7, 11) is 0. The largest absolute Gasteiger partial charge is 0.474 e. The van der Waals surface area contributed by atoms with E-state index in [-0.39, 0.29) is 17.5 Å². The van der Waals surface area contributed by atoms with E-state index in [4.69, 9.17) is 20.2 Å². The van der Waals surface area contributed by atoms with Crippen LogP contribution in [0.3, 0.4) is 0 Å². The molecule has 2 fully saturated rings. The van der Waals surface area contributed by atoms with Crippen molar-refractivity contribution >= 4 is 28.4 Å². The van der Waals surface area contributed by atoms with Crippen molar-refractivity contribution in [2.75, 3.05) is 11.9 Å². The van der Waals surface area contributed by atoms with Gasteiger partial charge < -0.3 is 20.5 Å².